The quantitative estimate of drug-likeness (QED) is 0.462. The number of hydrogen-bond donors (Lipinski definition) is 2. The normalized spacial score (nSPS) is 14.5. The minimum atomic E-state index is 0.676. The maximum Gasteiger partial charge on any atom is 0.163 e. The molecular weight excluding hydrogens is 400 g/mol. The van der Waals surface area contributed by atoms with Crippen molar-refractivity contribution < 1.29 is 0 Å². The number of H-pyrrole nitrogens is 1. The van der Waals surface area contributed by atoms with Crippen molar-refractivity contribution in [2.75, 3.05) is 31.1 Å². The van der Waals surface area contributed by atoms with Gasteiger partial charge >= 0.3 is 0 Å². The van der Waals surface area contributed by atoms with Crippen LogP contribution in [0.5, 0.6) is 0 Å². The van der Waals surface area contributed by atoms with Crippen LogP contribution in [0.15, 0.2) is 48.9 Å². The lowest BCUT2D eigenvalue weighted by Gasteiger charge is -2.29. The Morgan fingerprint density at radius 1 is 0.938 bits per heavy atom. The largest absolute Gasteiger partial charge is 0.369 e. The molecule has 1 aliphatic heterocycles. The van der Waals surface area contributed by atoms with E-state index in [0.717, 1.165) is 70.6 Å². The van der Waals surface area contributed by atoms with E-state index in [1.807, 2.05) is 26.4 Å². The summed E-state index contributed by atoms with van der Waals surface area (Å²) in [6.07, 6.45) is 5.64. The van der Waals surface area contributed by atoms with Crippen molar-refractivity contribution in [2.24, 2.45) is 7.05 Å². The highest BCUT2D eigenvalue weighted by atomic mass is 15.2. The number of pyridine rings is 1. The van der Waals surface area contributed by atoms with E-state index in [2.05, 4.69) is 55.6 Å². The predicted molar refractivity (Wildman–Crippen MR) is 127 cm³/mol. The first kappa shape index (κ1) is 18.9. The molecule has 8 heteroatoms. The fourth-order valence-electron chi connectivity index (χ4n) is 4.39. The van der Waals surface area contributed by atoms with Crippen LogP contribution in [0.4, 0.5) is 5.69 Å². The van der Waals surface area contributed by atoms with Crippen molar-refractivity contribution in [3.05, 3.63) is 54.6 Å². The van der Waals surface area contributed by atoms with Gasteiger partial charge in [0.15, 0.2) is 5.82 Å². The van der Waals surface area contributed by atoms with Gasteiger partial charge in [0, 0.05) is 62.3 Å². The van der Waals surface area contributed by atoms with Gasteiger partial charge in [0.05, 0.1) is 23.0 Å². The Morgan fingerprint density at radius 2 is 1.75 bits per heavy atom. The van der Waals surface area contributed by atoms with Crippen molar-refractivity contribution in [2.45, 2.75) is 6.92 Å². The summed E-state index contributed by atoms with van der Waals surface area (Å²) in [6, 6.07) is 10.9. The van der Waals surface area contributed by atoms with Gasteiger partial charge in [0.2, 0.25) is 0 Å². The smallest absolute Gasteiger partial charge is 0.163 e. The minimum absolute atomic E-state index is 0.676. The first-order valence-electron chi connectivity index (χ1n) is 10.9. The molecule has 0 atom stereocenters. The molecule has 6 rings (SSSR count). The standard InChI is InChI=1S/C24H24N8/c1-15-21-22(30-23(28-15)18-13-27-31(2)14-18)20-11-17(12-26-24(20)29-21)16-3-5-19(6-4-16)32-9-7-25-8-10-32/h3-6,11-14,25H,7-10H2,1-2H3,(H,26,29). The van der Waals surface area contributed by atoms with Gasteiger partial charge in [-0.3, -0.25) is 4.68 Å². The monoisotopic (exact) mass is 424 g/mol. The lowest BCUT2D eigenvalue weighted by atomic mass is 10.1. The molecule has 32 heavy (non-hydrogen) atoms. The van der Waals surface area contributed by atoms with Crippen molar-refractivity contribution in [3.63, 3.8) is 0 Å². The Kier molecular flexibility index (Phi) is 4.39. The number of aromatic amines is 1. The van der Waals surface area contributed by atoms with Gasteiger partial charge in [-0.15, -0.1) is 0 Å². The first-order valence-corrected chi connectivity index (χ1v) is 10.9. The van der Waals surface area contributed by atoms with Gasteiger partial charge < -0.3 is 15.2 Å². The van der Waals surface area contributed by atoms with Gasteiger partial charge in [-0.05, 0) is 30.7 Å². The zero-order valence-corrected chi connectivity index (χ0v) is 18.1. The number of nitrogens with zero attached hydrogens (tertiary/aromatic N) is 6. The Morgan fingerprint density at radius 3 is 2.50 bits per heavy atom. The summed E-state index contributed by atoms with van der Waals surface area (Å²) < 4.78 is 1.76. The van der Waals surface area contributed by atoms with Gasteiger partial charge in [0.25, 0.3) is 0 Å². The molecule has 1 saturated heterocycles. The Hall–Kier alpha value is -3.78. The Bertz CT molecular complexity index is 1420. The molecule has 0 radical (unpaired) electrons. The number of hydrogen-bond acceptors (Lipinski definition) is 6. The molecule has 5 aromatic rings. The van der Waals surface area contributed by atoms with E-state index < -0.39 is 0 Å². The molecule has 0 unspecified atom stereocenters. The first-order chi connectivity index (χ1) is 15.7. The minimum Gasteiger partial charge on any atom is -0.369 e. The van der Waals surface area contributed by atoms with Crippen LogP contribution < -0.4 is 10.2 Å². The molecule has 8 nitrogen and oxygen atoms in total. The molecule has 4 aromatic heterocycles. The number of fused-ring (bicyclic) bond motifs is 3. The lowest BCUT2D eigenvalue weighted by Crippen LogP contribution is -2.43. The van der Waals surface area contributed by atoms with Crippen LogP contribution in [0.2, 0.25) is 0 Å². The zero-order valence-electron chi connectivity index (χ0n) is 18.1. The number of benzene rings is 1. The average Bonchev–Trinajstić information content (AvgIpc) is 3.43. The second kappa shape index (κ2) is 7.42. The second-order valence-corrected chi connectivity index (χ2v) is 8.29. The van der Waals surface area contributed by atoms with E-state index in [4.69, 9.17) is 9.97 Å². The summed E-state index contributed by atoms with van der Waals surface area (Å²) in [7, 11) is 1.89. The van der Waals surface area contributed by atoms with E-state index in [9.17, 15) is 0 Å². The van der Waals surface area contributed by atoms with E-state index in [1.165, 1.54) is 5.69 Å². The molecule has 0 saturated carbocycles. The van der Waals surface area contributed by atoms with Crippen LogP contribution >= 0.6 is 0 Å². The zero-order chi connectivity index (χ0) is 21.7. The fourth-order valence-corrected chi connectivity index (χ4v) is 4.39. The molecule has 160 valence electrons. The summed E-state index contributed by atoms with van der Waals surface area (Å²) in [4.78, 5) is 20.1. The number of nitrogens with one attached hydrogen (secondary N) is 2. The van der Waals surface area contributed by atoms with E-state index in [0.29, 0.717) is 5.82 Å². The predicted octanol–water partition coefficient (Wildman–Crippen LogP) is 3.29. The number of aromatic nitrogens is 6. The van der Waals surface area contributed by atoms with Gasteiger partial charge in [-0.1, -0.05) is 12.1 Å². The van der Waals surface area contributed by atoms with Crippen molar-refractivity contribution in [1.29, 1.82) is 0 Å². The second-order valence-electron chi connectivity index (χ2n) is 8.29. The van der Waals surface area contributed by atoms with E-state index in [-0.39, 0.29) is 0 Å². The van der Waals surface area contributed by atoms with Crippen molar-refractivity contribution in [3.8, 4) is 22.5 Å². The summed E-state index contributed by atoms with van der Waals surface area (Å²) in [5.41, 5.74) is 7.91. The van der Waals surface area contributed by atoms with Crippen LogP contribution in [0.25, 0.3) is 44.6 Å². The SMILES string of the molecule is Cc1nc(-c2cnn(C)c2)nc2c1[nH]c1ncc(-c3ccc(N4CCNCC4)cc3)cc12. The van der Waals surface area contributed by atoms with Gasteiger partial charge in [0.1, 0.15) is 11.2 Å². The molecule has 1 aromatic carbocycles. The van der Waals surface area contributed by atoms with Crippen molar-refractivity contribution >= 4 is 27.8 Å². The van der Waals surface area contributed by atoms with Crippen LogP contribution in [-0.4, -0.2) is 55.9 Å². The molecule has 2 N–H and O–H groups in total. The summed E-state index contributed by atoms with van der Waals surface area (Å²) in [6.45, 7) is 6.15. The average molecular weight is 425 g/mol. The third kappa shape index (κ3) is 3.20. The molecular formula is C24H24N8. The summed E-state index contributed by atoms with van der Waals surface area (Å²) in [5.74, 6) is 0.676. The van der Waals surface area contributed by atoms with E-state index >= 15 is 0 Å². The fraction of sp³-hybridized carbons (Fsp3) is 0.250. The third-order valence-corrected chi connectivity index (χ3v) is 6.12. The number of aryl methyl sites for hydroxylation is 2. The highest BCUT2D eigenvalue weighted by molar-refractivity contribution is 6.05. The highest BCUT2D eigenvalue weighted by Gasteiger charge is 2.15. The molecule has 0 spiro atoms. The molecule has 0 aliphatic carbocycles. The molecule has 1 aliphatic rings. The van der Waals surface area contributed by atoms with E-state index in [1.54, 1.807) is 10.9 Å². The molecule has 1 fully saturated rings. The third-order valence-electron chi connectivity index (χ3n) is 6.12. The van der Waals surface area contributed by atoms with Crippen LogP contribution in [0, 0.1) is 6.92 Å². The summed E-state index contributed by atoms with van der Waals surface area (Å²) in [5, 5.41) is 8.66. The van der Waals surface area contributed by atoms with Gasteiger partial charge in [-0.2, -0.15) is 5.10 Å². The number of rotatable bonds is 3. The maximum absolute atomic E-state index is 4.87. The maximum atomic E-state index is 4.87. The van der Waals surface area contributed by atoms with Gasteiger partial charge in [-0.25, -0.2) is 15.0 Å². The molecule has 0 amide bonds. The van der Waals surface area contributed by atoms with Crippen molar-refractivity contribution in [1.82, 2.24) is 35.0 Å². The lowest BCUT2D eigenvalue weighted by molar-refractivity contribution is 0.589. The van der Waals surface area contributed by atoms with Crippen LogP contribution in [-0.2, 0) is 7.05 Å². The highest BCUT2D eigenvalue weighted by Crippen LogP contribution is 2.31. The number of anilines is 1. The Labute approximate surface area is 185 Å². The van der Waals surface area contributed by atoms with Crippen LogP contribution in [0.1, 0.15) is 5.69 Å². The number of piperazine rings is 1. The molecule has 5 heterocycles. The summed E-state index contributed by atoms with van der Waals surface area (Å²) >= 11 is 0. The van der Waals surface area contributed by atoms with Crippen LogP contribution in [0.3, 0.4) is 0 Å². The molecule has 0 bridgehead atoms. The topological polar surface area (TPSA) is 87.5 Å². The Balaban J connectivity index is 1.42.